The molecule has 3 aromatic rings. The van der Waals surface area contributed by atoms with Crippen molar-refractivity contribution in [1.82, 2.24) is 10.3 Å². The van der Waals surface area contributed by atoms with E-state index in [1.807, 2.05) is 12.3 Å². The Balaban J connectivity index is 1.68. The van der Waals surface area contributed by atoms with Crippen molar-refractivity contribution in [3.63, 3.8) is 0 Å². The van der Waals surface area contributed by atoms with E-state index in [9.17, 15) is 4.79 Å². The number of aromatic nitrogens is 1. The monoisotopic (exact) mass is 365 g/mol. The summed E-state index contributed by atoms with van der Waals surface area (Å²) in [5.41, 5.74) is 4.92. The van der Waals surface area contributed by atoms with E-state index in [1.165, 1.54) is 11.8 Å². The zero-order chi connectivity index (χ0) is 17.7. The van der Waals surface area contributed by atoms with Gasteiger partial charge in [0.05, 0.1) is 16.2 Å². The molecule has 2 aliphatic rings. The van der Waals surface area contributed by atoms with Crippen LogP contribution >= 0.6 is 11.6 Å². The third kappa shape index (κ3) is 2.40. The fourth-order valence-electron chi connectivity index (χ4n) is 4.49. The summed E-state index contributed by atoms with van der Waals surface area (Å²) in [6.07, 6.45) is 7.34. The molecule has 2 heterocycles. The molecular weight excluding hydrogens is 346 g/mol. The van der Waals surface area contributed by atoms with E-state index in [1.54, 1.807) is 0 Å². The van der Waals surface area contributed by atoms with Crippen molar-refractivity contribution < 1.29 is 4.79 Å². The Labute approximate surface area is 156 Å². The highest BCUT2D eigenvalue weighted by Gasteiger charge is 2.41. The average Bonchev–Trinajstić information content (AvgIpc) is 3.11. The third-order valence-corrected chi connectivity index (χ3v) is 6.09. The number of carbonyl (C=O) groups is 1. The number of aromatic amines is 1. The molecule has 1 fully saturated rings. The molecule has 0 unspecified atom stereocenters. The van der Waals surface area contributed by atoms with Crippen molar-refractivity contribution in [3.8, 4) is 11.1 Å². The second-order valence-electron chi connectivity index (χ2n) is 7.38. The molecule has 1 aliphatic heterocycles. The number of urea groups is 1. The van der Waals surface area contributed by atoms with Gasteiger partial charge in [0, 0.05) is 17.3 Å². The van der Waals surface area contributed by atoms with Crippen LogP contribution in [0.3, 0.4) is 0 Å². The fraction of sp³-hybridized carbons (Fsp3) is 0.286. The number of rotatable bonds is 1. The van der Waals surface area contributed by atoms with Gasteiger partial charge in [-0.2, -0.15) is 0 Å². The van der Waals surface area contributed by atoms with Crippen LogP contribution < -0.4 is 10.6 Å². The lowest BCUT2D eigenvalue weighted by Crippen LogP contribution is -2.52. The number of halogens is 1. The minimum atomic E-state index is -0.298. The summed E-state index contributed by atoms with van der Waals surface area (Å²) >= 11 is 6.61. The Hall–Kier alpha value is -2.46. The van der Waals surface area contributed by atoms with Crippen molar-refractivity contribution in [1.29, 1.82) is 0 Å². The molecule has 1 spiro atoms. The van der Waals surface area contributed by atoms with Crippen LogP contribution in [0, 0.1) is 0 Å². The molecule has 0 saturated heterocycles. The number of carbonyl (C=O) groups excluding carboxylic acids is 1. The molecule has 1 aromatic heterocycles. The maximum atomic E-state index is 12.2. The van der Waals surface area contributed by atoms with Gasteiger partial charge in [-0.15, -0.1) is 0 Å². The van der Waals surface area contributed by atoms with E-state index < -0.39 is 0 Å². The summed E-state index contributed by atoms with van der Waals surface area (Å²) in [6.45, 7) is 0. The largest absolute Gasteiger partial charge is 0.361 e. The SMILES string of the molecule is O=C1Nc2c(Cl)cc(-c3ccc4[nH]ccc4c3)cc2C2(CCCCC2)N1. The van der Waals surface area contributed by atoms with Gasteiger partial charge in [0.15, 0.2) is 0 Å². The second kappa shape index (κ2) is 5.78. The molecule has 2 aromatic carbocycles. The van der Waals surface area contributed by atoms with Crippen LogP contribution in [0.25, 0.3) is 22.0 Å². The normalized spacial score (nSPS) is 18.4. The van der Waals surface area contributed by atoms with E-state index in [0.29, 0.717) is 5.02 Å². The van der Waals surface area contributed by atoms with Gasteiger partial charge >= 0.3 is 6.03 Å². The van der Waals surface area contributed by atoms with Crippen LogP contribution in [-0.2, 0) is 5.54 Å². The van der Waals surface area contributed by atoms with Crippen LogP contribution in [0.5, 0.6) is 0 Å². The Morgan fingerprint density at radius 3 is 2.65 bits per heavy atom. The van der Waals surface area contributed by atoms with Gasteiger partial charge in [0.1, 0.15) is 0 Å². The number of hydrogen-bond acceptors (Lipinski definition) is 1. The number of benzene rings is 2. The molecule has 132 valence electrons. The number of hydrogen-bond donors (Lipinski definition) is 3. The minimum absolute atomic E-state index is 0.150. The molecular formula is C21H20ClN3O. The zero-order valence-corrected chi connectivity index (χ0v) is 15.1. The van der Waals surface area contributed by atoms with Crippen LogP contribution in [0.2, 0.25) is 5.02 Å². The highest BCUT2D eigenvalue weighted by atomic mass is 35.5. The molecule has 0 radical (unpaired) electrons. The maximum Gasteiger partial charge on any atom is 0.319 e. The lowest BCUT2D eigenvalue weighted by atomic mass is 9.74. The summed E-state index contributed by atoms with van der Waals surface area (Å²) in [4.78, 5) is 15.5. The van der Waals surface area contributed by atoms with Crippen molar-refractivity contribution in [2.75, 3.05) is 5.32 Å². The van der Waals surface area contributed by atoms with Gasteiger partial charge in [-0.3, -0.25) is 0 Å². The van der Waals surface area contributed by atoms with E-state index in [-0.39, 0.29) is 11.6 Å². The lowest BCUT2D eigenvalue weighted by Gasteiger charge is -2.43. The molecule has 2 amide bonds. The van der Waals surface area contributed by atoms with Crippen LogP contribution in [0.15, 0.2) is 42.6 Å². The second-order valence-corrected chi connectivity index (χ2v) is 7.79. The van der Waals surface area contributed by atoms with Gasteiger partial charge in [-0.1, -0.05) is 36.9 Å². The molecule has 0 atom stereocenters. The van der Waals surface area contributed by atoms with Gasteiger partial charge < -0.3 is 15.6 Å². The smallest absolute Gasteiger partial charge is 0.319 e. The Kier molecular flexibility index (Phi) is 3.50. The Morgan fingerprint density at radius 1 is 0.962 bits per heavy atom. The average molecular weight is 366 g/mol. The summed E-state index contributed by atoms with van der Waals surface area (Å²) in [7, 11) is 0. The molecule has 3 N–H and O–H groups in total. The molecule has 5 heteroatoms. The first-order chi connectivity index (χ1) is 12.6. The van der Waals surface area contributed by atoms with E-state index in [0.717, 1.165) is 53.6 Å². The number of H-pyrrole nitrogens is 1. The van der Waals surface area contributed by atoms with Gasteiger partial charge in [0.2, 0.25) is 0 Å². The lowest BCUT2D eigenvalue weighted by molar-refractivity contribution is 0.209. The zero-order valence-electron chi connectivity index (χ0n) is 14.4. The van der Waals surface area contributed by atoms with Gasteiger partial charge in [-0.25, -0.2) is 4.79 Å². The van der Waals surface area contributed by atoms with E-state index in [2.05, 4.69) is 45.9 Å². The number of amides is 2. The molecule has 5 rings (SSSR count). The van der Waals surface area contributed by atoms with E-state index >= 15 is 0 Å². The predicted molar refractivity (Wildman–Crippen MR) is 106 cm³/mol. The molecule has 0 bridgehead atoms. The van der Waals surface area contributed by atoms with Crippen molar-refractivity contribution in [3.05, 3.63) is 53.2 Å². The van der Waals surface area contributed by atoms with Crippen molar-refractivity contribution in [2.24, 2.45) is 0 Å². The van der Waals surface area contributed by atoms with Gasteiger partial charge in [0.25, 0.3) is 0 Å². The quantitative estimate of drug-likeness (QED) is 0.502. The minimum Gasteiger partial charge on any atom is -0.361 e. The molecule has 1 saturated carbocycles. The number of nitrogens with one attached hydrogen (secondary N) is 3. The summed E-state index contributed by atoms with van der Waals surface area (Å²) < 4.78 is 0. The highest BCUT2D eigenvalue weighted by Crippen LogP contribution is 2.46. The van der Waals surface area contributed by atoms with Crippen molar-refractivity contribution in [2.45, 2.75) is 37.6 Å². The van der Waals surface area contributed by atoms with Crippen molar-refractivity contribution >= 4 is 34.2 Å². The first-order valence-electron chi connectivity index (χ1n) is 9.15. The topological polar surface area (TPSA) is 56.9 Å². The predicted octanol–water partition coefficient (Wildman–Crippen LogP) is 5.78. The summed E-state index contributed by atoms with van der Waals surface area (Å²) in [5.74, 6) is 0. The molecule has 1 aliphatic carbocycles. The van der Waals surface area contributed by atoms with Gasteiger partial charge in [-0.05, 0) is 59.7 Å². The third-order valence-electron chi connectivity index (χ3n) is 5.79. The van der Waals surface area contributed by atoms with Crippen LogP contribution in [0.4, 0.5) is 10.5 Å². The maximum absolute atomic E-state index is 12.2. The van der Waals surface area contributed by atoms with E-state index in [4.69, 9.17) is 11.6 Å². The number of anilines is 1. The Morgan fingerprint density at radius 2 is 1.81 bits per heavy atom. The summed E-state index contributed by atoms with van der Waals surface area (Å²) in [5, 5.41) is 7.90. The Bertz CT molecular complexity index is 1020. The summed E-state index contributed by atoms with van der Waals surface area (Å²) in [6, 6.07) is 12.5. The number of fused-ring (bicyclic) bond motifs is 3. The highest BCUT2D eigenvalue weighted by molar-refractivity contribution is 6.34. The molecule has 26 heavy (non-hydrogen) atoms. The van der Waals surface area contributed by atoms with Crippen LogP contribution in [-0.4, -0.2) is 11.0 Å². The first-order valence-corrected chi connectivity index (χ1v) is 9.53. The van der Waals surface area contributed by atoms with Crippen LogP contribution in [0.1, 0.15) is 37.7 Å². The fourth-order valence-corrected chi connectivity index (χ4v) is 4.76. The first kappa shape index (κ1) is 15.8. The standard InChI is InChI=1S/C21H20ClN3O/c22-17-12-15(13-4-5-18-14(10-13)6-9-23-18)11-16-19(17)24-20(26)25-21(16)7-2-1-3-8-21/h4-6,9-12,23H,1-3,7-8H2,(H2,24,25,26). The molecule has 4 nitrogen and oxygen atoms in total.